The molecule has 0 aliphatic carbocycles. The molecule has 0 saturated carbocycles. The first-order valence-corrected chi connectivity index (χ1v) is 11.2. The standard InChI is InChI=1S/C22H21BrN4O3S/c1-14-11-15(2)25-22(24-14)31-13-16-3-5-17(6-4-16)21(29)27-26-20(28)12-30-19-9-7-18(23)8-10-19/h3-11H,12-13H2,1-2H3,(H,26,28)(H,27,29). The number of hydrazine groups is 1. The molecule has 3 aromatic rings. The van der Waals surface area contributed by atoms with Crippen molar-refractivity contribution in [3.05, 3.63) is 81.6 Å². The zero-order valence-corrected chi connectivity index (χ0v) is 19.4. The molecule has 31 heavy (non-hydrogen) atoms. The number of carbonyl (C=O) groups excluding carboxylic acids is 2. The van der Waals surface area contributed by atoms with Gasteiger partial charge in [0.1, 0.15) is 5.75 Å². The highest BCUT2D eigenvalue weighted by Gasteiger charge is 2.09. The number of hydrogen-bond donors (Lipinski definition) is 2. The van der Waals surface area contributed by atoms with E-state index < -0.39 is 11.8 Å². The molecule has 0 spiro atoms. The average molecular weight is 501 g/mol. The van der Waals surface area contributed by atoms with Gasteiger partial charge in [0.15, 0.2) is 11.8 Å². The molecule has 0 fully saturated rings. The van der Waals surface area contributed by atoms with E-state index in [9.17, 15) is 9.59 Å². The summed E-state index contributed by atoms with van der Waals surface area (Å²) in [5.74, 6) is 0.380. The van der Waals surface area contributed by atoms with Crippen LogP contribution < -0.4 is 15.6 Å². The molecule has 9 heteroatoms. The summed E-state index contributed by atoms with van der Waals surface area (Å²) in [6.07, 6.45) is 0. The first-order valence-electron chi connectivity index (χ1n) is 9.40. The number of nitrogens with zero attached hydrogens (tertiary/aromatic N) is 2. The fourth-order valence-corrected chi connectivity index (χ4v) is 3.74. The largest absolute Gasteiger partial charge is 0.484 e. The van der Waals surface area contributed by atoms with Crippen LogP contribution in [0, 0.1) is 13.8 Å². The van der Waals surface area contributed by atoms with Gasteiger partial charge in [-0.25, -0.2) is 9.97 Å². The van der Waals surface area contributed by atoms with Gasteiger partial charge in [-0.1, -0.05) is 39.8 Å². The van der Waals surface area contributed by atoms with Crippen LogP contribution in [-0.4, -0.2) is 28.4 Å². The summed E-state index contributed by atoms with van der Waals surface area (Å²) in [5, 5.41) is 0.729. The number of ether oxygens (including phenoxy) is 1. The number of hydrogen-bond acceptors (Lipinski definition) is 6. The normalized spacial score (nSPS) is 10.4. The Kier molecular flexibility index (Phi) is 8.02. The summed E-state index contributed by atoms with van der Waals surface area (Å²) >= 11 is 4.87. The second-order valence-corrected chi connectivity index (χ2v) is 8.52. The number of carbonyl (C=O) groups is 2. The van der Waals surface area contributed by atoms with Crippen molar-refractivity contribution in [2.24, 2.45) is 0 Å². The minimum Gasteiger partial charge on any atom is -0.484 e. The molecule has 0 bridgehead atoms. The second kappa shape index (κ2) is 10.9. The van der Waals surface area contributed by atoms with Crippen molar-refractivity contribution in [1.82, 2.24) is 20.8 Å². The Labute approximate surface area is 193 Å². The van der Waals surface area contributed by atoms with E-state index in [1.807, 2.05) is 44.2 Å². The van der Waals surface area contributed by atoms with Gasteiger partial charge in [0.05, 0.1) is 0 Å². The van der Waals surface area contributed by atoms with Crippen molar-refractivity contribution in [3.8, 4) is 5.75 Å². The van der Waals surface area contributed by atoms with Crippen molar-refractivity contribution in [2.75, 3.05) is 6.61 Å². The molecular weight excluding hydrogens is 480 g/mol. The molecule has 3 rings (SSSR count). The summed E-state index contributed by atoms with van der Waals surface area (Å²) in [5.41, 5.74) is 8.07. The van der Waals surface area contributed by atoms with E-state index in [1.165, 1.54) is 11.8 Å². The molecule has 0 unspecified atom stereocenters. The molecule has 2 N–H and O–H groups in total. The minimum absolute atomic E-state index is 0.210. The third kappa shape index (κ3) is 7.37. The smallest absolute Gasteiger partial charge is 0.276 e. The Bertz CT molecular complexity index is 1040. The molecule has 0 saturated heterocycles. The van der Waals surface area contributed by atoms with Crippen LogP contribution in [0.25, 0.3) is 0 Å². The van der Waals surface area contributed by atoms with Crippen LogP contribution in [0.15, 0.2) is 64.2 Å². The van der Waals surface area contributed by atoms with Crippen LogP contribution in [0.4, 0.5) is 0 Å². The van der Waals surface area contributed by atoms with Crippen LogP contribution in [0.5, 0.6) is 5.75 Å². The van der Waals surface area contributed by atoms with E-state index in [1.54, 1.807) is 24.3 Å². The molecule has 7 nitrogen and oxygen atoms in total. The van der Waals surface area contributed by atoms with E-state index in [-0.39, 0.29) is 6.61 Å². The van der Waals surface area contributed by atoms with Crippen LogP contribution >= 0.6 is 27.7 Å². The highest BCUT2D eigenvalue weighted by molar-refractivity contribution is 9.10. The number of thioether (sulfide) groups is 1. The lowest BCUT2D eigenvalue weighted by Gasteiger charge is -2.09. The first kappa shape index (κ1) is 22.8. The van der Waals surface area contributed by atoms with Crippen LogP contribution in [0.2, 0.25) is 0 Å². The highest BCUT2D eigenvalue weighted by Crippen LogP contribution is 2.20. The fourth-order valence-electron chi connectivity index (χ4n) is 2.57. The van der Waals surface area contributed by atoms with Gasteiger partial charge in [-0.15, -0.1) is 0 Å². The lowest BCUT2D eigenvalue weighted by molar-refractivity contribution is -0.123. The second-order valence-electron chi connectivity index (χ2n) is 6.66. The van der Waals surface area contributed by atoms with Gasteiger partial charge in [0.25, 0.3) is 11.8 Å². The number of nitrogens with one attached hydrogen (secondary N) is 2. The number of rotatable bonds is 7. The van der Waals surface area contributed by atoms with Crippen LogP contribution in [0.3, 0.4) is 0 Å². The van der Waals surface area contributed by atoms with Crippen LogP contribution in [0.1, 0.15) is 27.3 Å². The zero-order valence-electron chi connectivity index (χ0n) is 17.0. The summed E-state index contributed by atoms with van der Waals surface area (Å²) in [6, 6.07) is 16.2. The minimum atomic E-state index is -0.460. The molecule has 0 radical (unpaired) electrons. The summed E-state index contributed by atoms with van der Waals surface area (Å²) < 4.78 is 6.27. The summed E-state index contributed by atoms with van der Waals surface area (Å²) in [7, 11) is 0. The van der Waals surface area contributed by atoms with E-state index in [0.29, 0.717) is 17.1 Å². The molecule has 160 valence electrons. The predicted molar refractivity (Wildman–Crippen MR) is 123 cm³/mol. The van der Waals surface area contributed by atoms with E-state index in [2.05, 4.69) is 36.7 Å². The van der Waals surface area contributed by atoms with Crippen molar-refractivity contribution < 1.29 is 14.3 Å². The van der Waals surface area contributed by atoms with E-state index >= 15 is 0 Å². The van der Waals surface area contributed by atoms with Crippen molar-refractivity contribution in [2.45, 2.75) is 24.8 Å². The third-order valence-electron chi connectivity index (χ3n) is 4.04. The number of aryl methyl sites for hydroxylation is 2. The van der Waals surface area contributed by atoms with Gasteiger partial charge < -0.3 is 4.74 Å². The predicted octanol–water partition coefficient (Wildman–Crippen LogP) is 3.99. The summed E-state index contributed by atoms with van der Waals surface area (Å²) in [6.45, 7) is 3.67. The molecule has 1 heterocycles. The van der Waals surface area contributed by atoms with Gasteiger partial charge in [-0.3, -0.25) is 20.4 Å². The number of benzene rings is 2. The lowest BCUT2D eigenvalue weighted by Crippen LogP contribution is -2.43. The number of aromatic nitrogens is 2. The maximum Gasteiger partial charge on any atom is 0.276 e. The maximum absolute atomic E-state index is 12.2. The molecule has 2 amide bonds. The zero-order chi connectivity index (χ0) is 22.2. The quantitative estimate of drug-likeness (QED) is 0.289. The molecule has 0 atom stereocenters. The van der Waals surface area contributed by atoms with Crippen molar-refractivity contribution in [1.29, 1.82) is 0 Å². The monoisotopic (exact) mass is 500 g/mol. The Morgan fingerprint density at radius 3 is 2.26 bits per heavy atom. The number of halogens is 1. The van der Waals surface area contributed by atoms with E-state index in [4.69, 9.17) is 4.74 Å². The Morgan fingerprint density at radius 1 is 0.968 bits per heavy atom. The molecule has 1 aromatic heterocycles. The fraction of sp³-hybridized carbons (Fsp3) is 0.182. The average Bonchev–Trinajstić information content (AvgIpc) is 2.75. The maximum atomic E-state index is 12.2. The SMILES string of the molecule is Cc1cc(C)nc(SCc2ccc(C(=O)NNC(=O)COc3ccc(Br)cc3)cc2)n1. The van der Waals surface area contributed by atoms with Crippen molar-refractivity contribution in [3.63, 3.8) is 0 Å². The molecule has 0 aliphatic rings. The molecular formula is C22H21BrN4O3S. The summed E-state index contributed by atoms with van der Waals surface area (Å²) in [4.78, 5) is 32.9. The van der Waals surface area contributed by atoms with Gasteiger partial charge in [-0.05, 0) is 61.9 Å². The van der Waals surface area contributed by atoms with Gasteiger partial charge in [0, 0.05) is 27.2 Å². The highest BCUT2D eigenvalue weighted by atomic mass is 79.9. The van der Waals surface area contributed by atoms with Gasteiger partial charge in [-0.2, -0.15) is 0 Å². The Morgan fingerprint density at radius 2 is 1.61 bits per heavy atom. The van der Waals surface area contributed by atoms with E-state index in [0.717, 1.165) is 26.6 Å². The number of amides is 2. The topological polar surface area (TPSA) is 93.2 Å². The van der Waals surface area contributed by atoms with Crippen LogP contribution in [-0.2, 0) is 10.5 Å². The van der Waals surface area contributed by atoms with Crippen molar-refractivity contribution >= 4 is 39.5 Å². The van der Waals surface area contributed by atoms with Gasteiger partial charge in [0.2, 0.25) is 0 Å². The third-order valence-corrected chi connectivity index (χ3v) is 5.49. The Balaban J connectivity index is 1.44. The van der Waals surface area contributed by atoms with Gasteiger partial charge >= 0.3 is 0 Å². The molecule has 2 aromatic carbocycles. The molecule has 0 aliphatic heterocycles. The Hall–Kier alpha value is -2.91. The first-order chi connectivity index (χ1) is 14.9. The lowest BCUT2D eigenvalue weighted by atomic mass is 10.1.